The van der Waals surface area contributed by atoms with Gasteiger partial charge in [0.1, 0.15) is 0 Å². The second-order valence-electron chi connectivity index (χ2n) is 7.28. The average Bonchev–Trinajstić information content (AvgIpc) is 2.71. The van der Waals surface area contributed by atoms with Crippen LogP contribution in [-0.2, 0) is 24.6 Å². The number of piperidine rings is 1. The van der Waals surface area contributed by atoms with Gasteiger partial charge in [0.25, 0.3) is 0 Å². The molecule has 1 fully saturated rings. The largest absolute Gasteiger partial charge is 0.416 e. The van der Waals surface area contributed by atoms with Gasteiger partial charge in [0.15, 0.2) is 0 Å². The Balaban J connectivity index is 1.86. The van der Waals surface area contributed by atoms with Crippen LogP contribution in [0.4, 0.5) is 13.2 Å². The van der Waals surface area contributed by atoms with Crippen LogP contribution in [0.5, 0.6) is 0 Å². The molecule has 0 bridgehead atoms. The first-order chi connectivity index (χ1) is 14.1. The Hall–Kier alpha value is -1.41. The fourth-order valence-electron chi connectivity index (χ4n) is 3.59. The predicted molar refractivity (Wildman–Crippen MR) is 108 cm³/mol. The van der Waals surface area contributed by atoms with E-state index in [0.717, 1.165) is 17.7 Å². The Labute approximate surface area is 175 Å². The van der Waals surface area contributed by atoms with Crippen LogP contribution in [0.2, 0.25) is 0 Å². The third-order valence-electron chi connectivity index (χ3n) is 5.20. The van der Waals surface area contributed by atoms with E-state index < -0.39 is 25.4 Å². The fraction of sp³-hybridized carbons (Fsp3) is 0.650. The van der Waals surface area contributed by atoms with Crippen LogP contribution < -0.4 is 5.73 Å². The molecule has 0 aliphatic carbocycles. The number of halogens is 3. The molecule has 170 valence electrons. The van der Waals surface area contributed by atoms with Crippen molar-refractivity contribution in [2.45, 2.75) is 51.2 Å². The fourth-order valence-corrected chi connectivity index (χ4v) is 5.31. The van der Waals surface area contributed by atoms with Gasteiger partial charge in [-0.05, 0) is 56.7 Å². The van der Waals surface area contributed by atoms with Crippen molar-refractivity contribution in [1.82, 2.24) is 4.90 Å². The molecule has 1 aromatic rings. The smallest absolute Gasteiger partial charge is 0.341 e. The number of alkyl halides is 3. The maximum Gasteiger partial charge on any atom is 0.416 e. The molecular formula is C20H30F3N2O4P. The lowest BCUT2D eigenvalue weighted by atomic mass is 9.88. The molecule has 0 saturated carbocycles. The molecular weight excluding hydrogens is 420 g/mol. The number of carbonyl (C=O) groups excluding carboxylic acids is 1. The van der Waals surface area contributed by atoms with E-state index in [0.29, 0.717) is 25.9 Å². The summed E-state index contributed by atoms with van der Waals surface area (Å²) in [6.45, 7) is 4.89. The van der Waals surface area contributed by atoms with Crippen molar-refractivity contribution in [2.24, 2.45) is 5.73 Å². The Morgan fingerprint density at radius 1 is 1.17 bits per heavy atom. The number of nitrogens with zero attached hydrogens (tertiary/aromatic N) is 1. The number of nitrogens with two attached hydrogens (primary N) is 1. The van der Waals surface area contributed by atoms with Crippen molar-refractivity contribution in [2.75, 3.05) is 32.5 Å². The highest BCUT2D eigenvalue weighted by molar-refractivity contribution is 7.53. The van der Waals surface area contributed by atoms with Crippen LogP contribution in [0.1, 0.15) is 50.2 Å². The van der Waals surface area contributed by atoms with E-state index in [1.807, 2.05) is 0 Å². The minimum atomic E-state index is -4.35. The Bertz CT molecular complexity index is 725. The summed E-state index contributed by atoms with van der Waals surface area (Å²) in [6.07, 6.45) is -2.78. The number of rotatable bonds is 9. The van der Waals surface area contributed by atoms with Crippen molar-refractivity contribution < 1.29 is 31.6 Å². The highest BCUT2D eigenvalue weighted by atomic mass is 31.2. The molecule has 1 heterocycles. The summed E-state index contributed by atoms with van der Waals surface area (Å²) in [4.78, 5) is 14.3. The van der Waals surface area contributed by atoms with Gasteiger partial charge in [-0.15, -0.1) is 0 Å². The summed E-state index contributed by atoms with van der Waals surface area (Å²) in [5, 5.41) is 0. The predicted octanol–water partition coefficient (Wildman–Crippen LogP) is 4.39. The number of amides is 1. The second kappa shape index (κ2) is 10.8. The summed E-state index contributed by atoms with van der Waals surface area (Å²) in [5.74, 6) is -0.121. The lowest BCUT2D eigenvalue weighted by Crippen LogP contribution is -2.47. The summed E-state index contributed by atoms with van der Waals surface area (Å²) < 4.78 is 61.1. The zero-order valence-electron chi connectivity index (χ0n) is 17.4. The molecule has 1 aromatic carbocycles. The van der Waals surface area contributed by atoms with Crippen LogP contribution in [0, 0.1) is 0 Å². The van der Waals surface area contributed by atoms with Crippen LogP contribution in [-0.4, -0.2) is 49.3 Å². The maximum atomic E-state index is 12.7. The standard InChI is InChI=1S/C20H30F3N2O4P/c1-3-28-30(27,29-4-2)14-11-18(24)19(26)25-12-9-16(10-13-25)15-5-7-17(8-6-15)20(21,22)23/h5-8,16,18H,3-4,9-14,24H2,1-2H3. The number of hydrogen-bond acceptors (Lipinski definition) is 5. The van der Waals surface area contributed by atoms with E-state index in [9.17, 15) is 22.5 Å². The van der Waals surface area contributed by atoms with Gasteiger partial charge in [0.2, 0.25) is 5.91 Å². The highest BCUT2D eigenvalue weighted by Gasteiger charge is 2.32. The Morgan fingerprint density at radius 2 is 1.70 bits per heavy atom. The molecule has 1 atom stereocenters. The average molecular weight is 450 g/mol. The van der Waals surface area contributed by atoms with E-state index in [2.05, 4.69) is 0 Å². The van der Waals surface area contributed by atoms with Crippen molar-refractivity contribution in [3.8, 4) is 0 Å². The zero-order chi connectivity index (χ0) is 22.4. The molecule has 0 spiro atoms. The topological polar surface area (TPSA) is 81.9 Å². The number of likely N-dealkylation sites (tertiary alicyclic amines) is 1. The first-order valence-corrected chi connectivity index (χ1v) is 11.9. The minimum Gasteiger partial charge on any atom is -0.341 e. The zero-order valence-corrected chi connectivity index (χ0v) is 18.3. The van der Waals surface area contributed by atoms with Gasteiger partial charge >= 0.3 is 13.8 Å². The van der Waals surface area contributed by atoms with E-state index in [4.69, 9.17) is 14.8 Å². The van der Waals surface area contributed by atoms with Gasteiger partial charge in [-0.25, -0.2) is 0 Å². The van der Waals surface area contributed by atoms with Gasteiger partial charge < -0.3 is 19.7 Å². The van der Waals surface area contributed by atoms with Gasteiger partial charge in [0, 0.05) is 13.1 Å². The van der Waals surface area contributed by atoms with E-state index >= 15 is 0 Å². The first kappa shape index (κ1) is 24.9. The van der Waals surface area contributed by atoms with Crippen LogP contribution in [0.3, 0.4) is 0 Å². The highest BCUT2D eigenvalue weighted by Crippen LogP contribution is 2.48. The molecule has 1 aliphatic heterocycles. The molecule has 2 N–H and O–H groups in total. The summed E-state index contributed by atoms with van der Waals surface area (Å²) >= 11 is 0. The van der Waals surface area contributed by atoms with Crippen molar-refractivity contribution in [3.05, 3.63) is 35.4 Å². The van der Waals surface area contributed by atoms with Gasteiger partial charge in [0.05, 0.1) is 31.0 Å². The molecule has 1 amide bonds. The van der Waals surface area contributed by atoms with Crippen LogP contribution in [0.15, 0.2) is 24.3 Å². The number of benzene rings is 1. The Kier molecular flexibility index (Phi) is 8.91. The maximum absolute atomic E-state index is 12.7. The summed E-state index contributed by atoms with van der Waals surface area (Å²) in [6, 6.07) is 4.41. The van der Waals surface area contributed by atoms with Crippen molar-refractivity contribution in [1.29, 1.82) is 0 Å². The van der Waals surface area contributed by atoms with Crippen LogP contribution in [0.25, 0.3) is 0 Å². The van der Waals surface area contributed by atoms with E-state index in [1.165, 1.54) is 12.1 Å². The third-order valence-corrected chi connectivity index (χ3v) is 7.31. The molecule has 1 saturated heterocycles. The summed E-state index contributed by atoms with van der Waals surface area (Å²) in [5.41, 5.74) is 6.20. The second-order valence-corrected chi connectivity index (χ2v) is 9.47. The number of carbonyl (C=O) groups is 1. The third kappa shape index (κ3) is 6.80. The quantitative estimate of drug-likeness (QED) is 0.564. The monoisotopic (exact) mass is 450 g/mol. The van der Waals surface area contributed by atoms with E-state index in [-0.39, 0.29) is 37.6 Å². The molecule has 2 rings (SSSR count). The first-order valence-electron chi connectivity index (χ1n) is 10.2. The minimum absolute atomic E-state index is 0.0730. The van der Waals surface area contributed by atoms with Crippen LogP contribution >= 0.6 is 7.60 Å². The lowest BCUT2D eigenvalue weighted by molar-refractivity contribution is -0.137. The number of hydrogen-bond donors (Lipinski definition) is 1. The normalized spacial score (nSPS) is 17.2. The van der Waals surface area contributed by atoms with Gasteiger partial charge in [-0.1, -0.05) is 12.1 Å². The Morgan fingerprint density at radius 3 is 2.17 bits per heavy atom. The SMILES string of the molecule is CCOP(=O)(CCC(N)C(=O)N1CCC(c2ccc(C(F)(F)F)cc2)CC1)OCC. The molecule has 0 radical (unpaired) electrons. The lowest BCUT2D eigenvalue weighted by Gasteiger charge is -2.34. The molecule has 1 unspecified atom stereocenters. The van der Waals surface area contributed by atoms with E-state index in [1.54, 1.807) is 18.7 Å². The van der Waals surface area contributed by atoms with Crippen molar-refractivity contribution >= 4 is 13.5 Å². The van der Waals surface area contributed by atoms with Gasteiger partial charge in [-0.3, -0.25) is 9.36 Å². The molecule has 6 nitrogen and oxygen atoms in total. The summed E-state index contributed by atoms with van der Waals surface area (Å²) in [7, 11) is -3.25. The molecule has 30 heavy (non-hydrogen) atoms. The molecule has 0 aromatic heterocycles. The molecule has 10 heteroatoms. The van der Waals surface area contributed by atoms with Crippen molar-refractivity contribution in [3.63, 3.8) is 0 Å². The molecule has 1 aliphatic rings. The van der Waals surface area contributed by atoms with Gasteiger partial charge in [-0.2, -0.15) is 13.2 Å².